The smallest absolute Gasteiger partial charge is 0.331 e. The Morgan fingerprint density at radius 3 is 2.25 bits per heavy atom. The summed E-state index contributed by atoms with van der Waals surface area (Å²) in [6.45, 7) is 6.85. The van der Waals surface area contributed by atoms with Gasteiger partial charge in [-0.3, -0.25) is 4.79 Å². The molecule has 1 unspecified atom stereocenters. The summed E-state index contributed by atoms with van der Waals surface area (Å²) < 4.78 is 5.19. The van der Waals surface area contributed by atoms with Gasteiger partial charge in [0, 0.05) is 11.6 Å². The van der Waals surface area contributed by atoms with Crippen LogP contribution in [0.15, 0.2) is 36.5 Å². The van der Waals surface area contributed by atoms with Crippen molar-refractivity contribution in [2.24, 2.45) is 5.41 Å². The van der Waals surface area contributed by atoms with E-state index in [9.17, 15) is 14.4 Å². The number of carbonyl (C=O) groups excluding carboxylic acids is 1. The number of ether oxygens (including phenoxy) is 1. The van der Waals surface area contributed by atoms with E-state index >= 15 is 0 Å². The van der Waals surface area contributed by atoms with E-state index < -0.39 is 17.4 Å². The lowest BCUT2D eigenvalue weighted by atomic mass is 9.80. The Morgan fingerprint density at radius 1 is 1.21 bits per heavy atom. The largest absolute Gasteiger partial charge is 0.481 e. The lowest BCUT2D eigenvalue weighted by Gasteiger charge is -2.23. The highest BCUT2D eigenvalue weighted by atomic mass is 16.6. The predicted octanol–water partition coefficient (Wildman–Crippen LogP) is 3.10. The van der Waals surface area contributed by atoms with Crippen LogP contribution in [-0.4, -0.2) is 33.7 Å². The summed E-state index contributed by atoms with van der Waals surface area (Å²) in [7, 11) is 0. The van der Waals surface area contributed by atoms with Crippen LogP contribution in [0.25, 0.3) is 0 Å². The first-order valence-corrected chi connectivity index (χ1v) is 7.82. The van der Waals surface area contributed by atoms with Gasteiger partial charge in [-0.2, -0.15) is 0 Å². The lowest BCUT2D eigenvalue weighted by Crippen LogP contribution is -2.28. The van der Waals surface area contributed by atoms with Crippen molar-refractivity contribution in [3.8, 4) is 0 Å². The molecule has 0 amide bonds. The molecule has 2 rings (SSSR count). The first-order chi connectivity index (χ1) is 11.1. The normalized spacial score (nSPS) is 24.2. The van der Waals surface area contributed by atoms with Crippen molar-refractivity contribution in [2.45, 2.75) is 51.6 Å². The zero-order valence-corrected chi connectivity index (χ0v) is 14.1. The van der Waals surface area contributed by atoms with Crippen molar-refractivity contribution in [2.75, 3.05) is 0 Å². The van der Waals surface area contributed by atoms with Gasteiger partial charge in [-0.1, -0.05) is 24.8 Å². The molecule has 1 atom stereocenters. The Balaban J connectivity index is 0.000000243. The van der Waals surface area contributed by atoms with Crippen molar-refractivity contribution < 1.29 is 29.3 Å². The molecule has 0 spiro atoms. The van der Waals surface area contributed by atoms with Crippen molar-refractivity contribution in [1.29, 1.82) is 0 Å². The van der Waals surface area contributed by atoms with Gasteiger partial charge in [-0.15, -0.1) is 0 Å². The van der Waals surface area contributed by atoms with Gasteiger partial charge in [-0.05, 0) is 46.0 Å². The maximum Gasteiger partial charge on any atom is 0.331 e. The Morgan fingerprint density at radius 2 is 1.79 bits per heavy atom. The van der Waals surface area contributed by atoms with E-state index in [-0.39, 0.29) is 23.6 Å². The molecule has 0 saturated heterocycles. The third-order valence-electron chi connectivity index (χ3n) is 4.26. The summed E-state index contributed by atoms with van der Waals surface area (Å²) in [6, 6.07) is 0. The van der Waals surface area contributed by atoms with Crippen molar-refractivity contribution >= 4 is 17.9 Å². The van der Waals surface area contributed by atoms with Gasteiger partial charge in [0.2, 0.25) is 0 Å². The molecule has 6 heteroatoms. The number of carboxylic acids is 2. The number of aliphatic carboxylic acids is 2. The number of hydrogen-bond donors (Lipinski definition) is 2. The van der Waals surface area contributed by atoms with Gasteiger partial charge in [0.1, 0.15) is 5.60 Å². The van der Waals surface area contributed by atoms with Gasteiger partial charge < -0.3 is 14.9 Å². The van der Waals surface area contributed by atoms with Crippen LogP contribution in [0, 0.1) is 5.41 Å². The van der Waals surface area contributed by atoms with Crippen molar-refractivity contribution in [1.82, 2.24) is 0 Å². The molecule has 0 heterocycles. The quantitative estimate of drug-likeness (QED) is 0.604. The average Bonchev–Trinajstić information content (AvgIpc) is 2.94. The average molecular weight is 336 g/mol. The molecule has 0 bridgehead atoms. The van der Waals surface area contributed by atoms with E-state index in [2.05, 4.69) is 6.58 Å². The van der Waals surface area contributed by atoms with Crippen LogP contribution >= 0.6 is 0 Å². The van der Waals surface area contributed by atoms with E-state index in [4.69, 9.17) is 14.9 Å². The summed E-state index contributed by atoms with van der Waals surface area (Å²) in [5.74, 6) is -2.36. The maximum atomic E-state index is 10.8. The highest BCUT2D eigenvalue weighted by molar-refractivity contribution is 5.90. The molecule has 2 N–H and O–H groups in total. The topological polar surface area (TPSA) is 101 Å². The molecular weight excluding hydrogens is 312 g/mol. The minimum Gasteiger partial charge on any atom is -0.481 e. The van der Waals surface area contributed by atoms with Crippen LogP contribution in [0.5, 0.6) is 0 Å². The van der Waals surface area contributed by atoms with Crippen molar-refractivity contribution in [3.63, 3.8) is 0 Å². The van der Waals surface area contributed by atoms with Gasteiger partial charge in [0.15, 0.2) is 0 Å². The molecule has 24 heavy (non-hydrogen) atoms. The Bertz CT molecular complexity index is 580. The Kier molecular flexibility index (Phi) is 6.51. The molecule has 0 aromatic heterocycles. The SMILES string of the molecule is C=CC(=O)OC1(C)CCCC1.CC1(C(=O)O)C=CC=C(C(=O)O)C1. The van der Waals surface area contributed by atoms with E-state index in [0.717, 1.165) is 12.8 Å². The molecule has 0 aromatic rings. The second-order valence-corrected chi connectivity index (χ2v) is 6.54. The standard InChI is InChI=1S/C9H10O4.C9H14O2/c1-9(8(12)13)4-2-3-6(5-9)7(10)11;1-3-8(10)11-9(2)6-4-5-7-9/h2-4H,5H2,1H3,(H,10,11)(H,12,13);3H,1,4-7H2,2H3. The second kappa shape index (κ2) is 7.95. The molecular formula is C18H24O6. The minimum atomic E-state index is -1.08. The van der Waals surface area contributed by atoms with Gasteiger partial charge in [0.25, 0.3) is 0 Å². The van der Waals surface area contributed by atoms with Crippen LogP contribution in [0.4, 0.5) is 0 Å². The fourth-order valence-corrected chi connectivity index (χ4v) is 2.69. The third kappa shape index (κ3) is 5.37. The highest BCUT2D eigenvalue weighted by Gasteiger charge is 2.34. The second-order valence-electron chi connectivity index (χ2n) is 6.54. The Labute approximate surface area is 141 Å². The fraction of sp³-hybridized carbons (Fsp3) is 0.500. The number of hydrogen-bond acceptors (Lipinski definition) is 4. The summed E-state index contributed by atoms with van der Waals surface area (Å²) >= 11 is 0. The van der Waals surface area contributed by atoms with Crippen LogP contribution < -0.4 is 0 Å². The van der Waals surface area contributed by atoms with Gasteiger partial charge in [-0.25, -0.2) is 9.59 Å². The molecule has 0 radical (unpaired) electrons. The number of allylic oxidation sites excluding steroid dienone is 2. The number of rotatable bonds is 4. The number of carboxylic acid groups (broad SMARTS) is 2. The van der Waals surface area contributed by atoms with Crippen LogP contribution in [-0.2, 0) is 19.1 Å². The van der Waals surface area contributed by atoms with Crippen molar-refractivity contribution in [3.05, 3.63) is 36.5 Å². The van der Waals surface area contributed by atoms with E-state index in [0.29, 0.717) is 0 Å². The first-order valence-electron chi connectivity index (χ1n) is 7.82. The van der Waals surface area contributed by atoms with Crippen LogP contribution in [0.1, 0.15) is 46.0 Å². The van der Waals surface area contributed by atoms with Crippen LogP contribution in [0.2, 0.25) is 0 Å². The third-order valence-corrected chi connectivity index (χ3v) is 4.26. The van der Waals surface area contributed by atoms with E-state index in [1.165, 1.54) is 44.1 Å². The summed E-state index contributed by atoms with van der Waals surface area (Å²) in [4.78, 5) is 32.2. The predicted molar refractivity (Wildman–Crippen MR) is 88.4 cm³/mol. The molecule has 1 saturated carbocycles. The zero-order chi connectivity index (χ0) is 18.4. The number of carbonyl (C=O) groups is 3. The molecule has 2 aliphatic rings. The molecule has 0 aromatic carbocycles. The first kappa shape index (κ1) is 19.7. The molecule has 1 fully saturated rings. The summed E-state index contributed by atoms with van der Waals surface area (Å²) in [5.41, 5.74) is -1.15. The molecule has 132 valence electrons. The molecule has 6 nitrogen and oxygen atoms in total. The van der Waals surface area contributed by atoms with Gasteiger partial charge >= 0.3 is 17.9 Å². The Hall–Kier alpha value is -2.37. The molecule has 0 aliphatic heterocycles. The zero-order valence-electron chi connectivity index (χ0n) is 14.1. The minimum absolute atomic E-state index is 0.0359. The highest BCUT2D eigenvalue weighted by Crippen LogP contribution is 2.32. The lowest BCUT2D eigenvalue weighted by molar-refractivity contribution is -0.151. The monoisotopic (exact) mass is 336 g/mol. The summed E-state index contributed by atoms with van der Waals surface area (Å²) in [5, 5.41) is 17.5. The van der Waals surface area contributed by atoms with Crippen LogP contribution in [0.3, 0.4) is 0 Å². The fourth-order valence-electron chi connectivity index (χ4n) is 2.69. The number of esters is 1. The summed E-state index contributed by atoms with van der Waals surface area (Å²) in [6.07, 6.45) is 9.98. The maximum absolute atomic E-state index is 10.8. The van der Waals surface area contributed by atoms with Gasteiger partial charge in [0.05, 0.1) is 5.41 Å². The molecule has 2 aliphatic carbocycles. The van der Waals surface area contributed by atoms with E-state index in [1.807, 2.05) is 6.92 Å². The van der Waals surface area contributed by atoms with E-state index in [1.54, 1.807) is 0 Å².